The molecule has 0 aromatic heterocycles. The first kappa shape index (κ1) is 14.3. The van der Waals surface area contributed by atoms with E-state index in [0.29, 0.717) is 23.9 Å². The fourth-order valence-electron chi connectivity index (χ4n) is 2.87. The smallest absolute Gasteiger partial charge is 0.207 e. The summed E-state index contributed by atoms with van der Waals surface area (Å²) < 4.78 is 27.0. The maximum atomic E-state index is 12.7. The predicted molar refractivity (Wildman–Crippen MR) is 83.7 cm³/mol. The zero-order chi connectivity index (χ0) is 14.9. The van der Waals surface area contributed by atoms with Gasteiger partial charge in [0.15, 0.2) is 0 Å². The summed E-state index contributed by atoms with van der Waals surface area (Å²) in [7, 11) is -3.37. The zero-order valence-electron chi connectivity index (χ0n) is 12.1. The Kier molecular flexibility index (Phi) is 3.83. The van der Waals surface area contributed by atoms with Crippen molar-refractivity contribution in [3.05, 3.63) is 65.7 Å². The summed E-state index contributed by atoms with van der Waals surface area (Å²) >= 11 is 0. The summed E-state index contributed by atoms with van der Waals surface area (Å²) in [5, 5.41) is 0. The molecule has 0 radical (unpaired) electrons. The molecule has 2 aromatic rings. The minimum atomic E-state index is -3.37. The Morgan fingerprint density at radius 1 is 1.05 bits per heavy atom. The maximum Gasteiger partial charge on any atom is 0.243 e. The standard InChI is InChI=1S/C17H19NO2S/c1-14-6-5-9-17(12-14)21(19,20)18-11-10-16(13-18)15-7-3-2-4-8-15/h2-9,12,16H,10-11,13H2,1H3. The van der Waals surface area contributed by atoms with Gasteiger partial charge in [-0.15, -0.1) is 0 Å². The number of nitrogens with zero attached hydrogens (tertiary/aromatic N) is 1. The lowest BCUT2D eigenvalue weighted by molar-refractivity contribution is 0.473. The van der Waals surface area contributed by atoms with Crippen LogP contribution < -0.4 is 0 Å². The van der Waals surface area contributed by atoms with E-state index >= 15 is 0 Å². The van der Waals surface area contributed by atoms with Gasteiger partial charge >= 0.3 is 0 Å². The molecule has 1 aliphatic heterocycles. The zero-order valence-corrected chi connectivity index (χ0v) is 12.9. The van der Waals surface area contributed by atoms with Crippen LogP contribution in [0.3, 0.4) is 0 Å². The highest BCUT2D eigenvalue weighted by Gasteiger charge is 2.33. The van der Waals surface area contributed by atoms with Gasteiger partial charge in [0.1, 0.15) is 0 Å². The van der Waals surface area contributed by atoms with Crippen molar-refractivity contribution in [3.63, 3.8) is 0 Å². The summed E-state index contributed by atoms with van der Waals surface area (Å²) in [6, 6.07) is 17.3. The van der Waals surface area contributed by atoms with Crippen LogP contribution in [0.15, 0.2) is 59.5 Å². The van der Waals surface area contributed by atoms with Crippen molar-refractivity contribution in [2.45, 2.75) is 24.2 Å². The van der Waals surface area contributed by atoms with Crippen molar-refractivity contribution in [2.75, 3.05) is 13.1 Å². The molecule has 3 rings (SSSR count). The van der Waals surface area contributed by atoms with E-state index in [0.717, 1.165) is 12.0 Å². The molecule has 1 unspecified atom stereocenters. The van der Waals surface area contributed by atoms with Gasteiger partial charge in [-0.3, -0.25) is 0 Å². The van der Waals surface area contributed by atoms with E-state index in [1.54, 1.807) is 22.5 Å². The highest BCUT2D eigenvalue weighted by molar-refractivity contribution is 7.89. The minimum Gasteiger partial charge on any atom is -0.207 e. The third-order valence-electron chi connectivity index (χ3n) is 4.05. The molecule has 2 aromatic carbocycles. The molecule has 0 saturated carbocycles. The van der Waals surface area contributed by atoms with Gasteiger partial charge in [-0.2, -0.15) is 4.31 Å². The van der Waals surface area contributed by atoms with Gasteiger partial charge in [-0.25, -0.2) is 8.42 Å². The Bertz CT molecular complexity index is 725. The summed E-state index contributed by atoms with van der Waals surface area (Å²) in [5.41, 5.74) is 2.19. The second-order valence-corrected chi connectivity index (χ2v) is 7.51. The van der Waals surface area contributed by atoms with Gasteiger partial charge in [0.2, 0.25) is 10.0 Å². The number of aryl methyl sites for hydroxylation is 1. The summed E-state index contributed by atoms with van der Waals surface area (Å²) in [6.07, 6.45) is 0.884. The molecule has 3 nitrogen and oxygen atoms in total. The van der Waals surface area contributed by atoms with Crippen LogP contribution in [0.5, 0.6) is 0 Å². The number of sulfonamides is 1. The van der Waals surface area contributed by atoms with Gasteiger partial charge in [0.05, 0.1) is 4.90 Å². The monoisotopic (exact) mass is 301 g/mol. The van der Waals surface area contributed by atoms with Crippen LogP contribution in [0.2, 0.25) is 0 Å². The minimum absolute atomic E-state index is 0.297. The largest absolute Gasteiger partial charge is 0.243 e. The van der Waals surface area contributed by atoms with Crippen molar-refractivity contribution in [2.24, 2.45) is 0 Å². The van der Waals surface area contributed by atoms with Gasteiger partial charge < -0.3 is 0 Å². The second-order valence-electron chi connectivity index (χ2n) is 5.58. The third kappa shape index (κ3) is 2.87. The van der Waals surface area contributed by atoms with Gasteiger partial charge in [-0.1, -0.05) is 42.5 Å². The Balaban J connectivity index is 1.83. The van der Waals surface area contributed by atoms with Crippen LogP contribution in [-0.2, 0) is 10.0 Å². The Labute approximate surface area is 126 Å². The molecule has 1 fully saturated rings. The van der Waals surface area contributed by atoms with E-state index < -0.39 is 10.0 Å². The molecule has 1 saturated heterocycles. The second kappa shape index (κ2) is 5.62. The third-order valence-corrected chi connectivity index (χ3v) is 5.91. The molecule has 0 bridgehead atoms. The molecular weight excluding hydrogens is 282 g/mol. The van der Waals surface area contributed by atoms with Gasteiger partial charge in [0.25, 0.3) is 0 Å². The van der Waals surface area contributed by atoms with Crippen LogP contribution in [-0.4, -0.2) is 25.8 Å². The molecule has 0 spiro atoms. The Hall–Kier alpha value is -1.65. The van der Waals surface area contributed by atoms with Crippen LogP contribution in [0.25, 0.3) is 0 Å². The maximum absolute atomic E-state index is 12.7. The Morgan fingerprint density at radius 3 is 2.52 bits per heavy atom. The quantitative estimate of drug-likeness (QED) is 0.873. The molecule has 1 aliphatic rings. The van der Waals surface area contributed by atoms with Gasteiger partial charge in [-0.05, 0) is 42.5 Å². The average Bonchev–Trinajstić information content (AvgIpc) is 2.99. The van der Waals surface area contributed by atoms with Crippen molar-refractivity contribution in [1.82, 2.24) is 4.31 Å². The van der Waals surface area contributed by atoms with E-state index in [-0.39, 0.29) is 0 Å². The topological polar surface area (TPSA) is 37.4 Å². The lowest BCUT2D eigenvalue weighted by Crippen LogP contribution is -2.28. The van der Waals surface area contributed by atoms with Gasteiger partial charge in [0, 0.05) is 13.1 Å². The van der Waals surface area contributed by atoms with Crippen molar-refractivity contribution in [1.29, 1.82) is 0 Å². The first-order chi connectivity index (χ1) is 10.1. The summed E-state index contributed by atoms with van der Waals surface area (Å²) in [5.74, 6) is 0.297. The normalized spacial score (nSPS) is 19.8. The van der Waals surface area contributed by atoms with Crippen LogP contribution >= 0.6 is 0 Å². The number of rotatable bonds is 3. The highest BCUT2D eigenvalue weighted by Crippen LogP contribution is 2.31. The van der Waals surface area contributed by atoms with E-state index in [1.165, 1.54) is 5.56 Å². The van der Waals surface area contributed by atoms with Crippen molar-refractivity contribution in [3.8, 4) is 0 Å². The van der Waals surface area contributed by atoms with Crippen molar-refractivity contribution >= 4 is 10.0 Å². The van der Waals surface area contributed by atoms with Crippen LogP contribution in [0, 0.1) is 6.92 Å². The molecule has 110 valence electrons. The predicted octanol–water partition coefficient (Wildman–Crippen LogP) is 3.17. The molecule has 1 heterocycles. The highest BCUT2D eigenvalue weighted by atomic mass is 32.2. The SMILES string of the molecule is Cc1cccc(S(=O)(=O)N2CCC(c3ccccc3)C2)c1. The summed E-state index contributed by atoms with van der Waals surface area (Å²) in [4.78, 5) is 0.399. The molecule has 21 heavy (non-hydrogen) atoms. The molecule has 0 amide bonds. The lowest BCUT2D eigenvalue weighted by atomic mass is 9.99. The fourth-order valence-corrected chi connectivity index (χ4v) is 4.47. The number of benzene rings is 2. The number of hydrogen-bond donors (Lipinski definition) is 0. The van der Waals surface area contributed by atoms with E-state index in [2.05, 4.69) is 12.1 Å². The van der Waals surface area contributed by atoms with Crippen LogP contribution in [0.1, 0.15) is 23.5 Å². The molecule has 0 aliphatic carbocycles. The van der Waals surface area contributed by atoms with Crippen molar-refractivity contribution < 1.29 is 8.42 Å². The fraction of sp³-hybridized carbons (Fsp3) is 0.294. The Morgan fingerprint density at radius 2 is 1.81 bits per heavy atom. The molecule has 1 atom stereocenters. The molecular formula is C17H19NO2S. The van der Waals surface area contributed by atoms with E-state index in [9.17, 15) is 8.42 Å². The van der Waals surface area contributed by atoms with Crippen LogP contribution in [0.4, 0.5) is 0 Å². The van der Waals surface area contributed by atoms with E-state index in [1.807, 2.05) is 31.2 Å². The average molecular weight is 301 g/mol. The lowest BCUT2D eigenvalue weighted by Gasteiger charge is -2.17. The van der Waals surface area contributed by atoms with E-state index in [4.69, 9.17) is 0 Å². The molecule has 4 heteroatoms. The first-order valence-electron chi connectivity index (χ1n) is 7.19. The summed E-state index contributed by atoms with van der Waals surface area (Å²) in [6.45, 7) is 3.08. The first-order valence-corrected chi connectivity index (χ1v) is 8.63. The molecule has 0 N–H and O–H groups in total. The number of hydrogen-bond acceptors (Lipinski definition) is 2.